The molecule has 4 heterocycles. The van der Waals surface area contributed by atoms with Crippen LogP contribution in [0.5, 0.6) is 11.5 Å². The Bertz CT molecular complexity index is 1380. The van der Waals surface area contributed by atoms with E-state index in [1.807, 2.05) is 0 Å². The molecule has 4 aromatic rings. The number of carbonyl (C=O) groups is 1. The van der Waals surface area contributed by atoms with Crippen LogP contribution in [0.4, 0.5) is 19.0 Å². The summed E-state index contributed by atoms with van der Waals surface area (Å²) < 4.78 is 44.8. The van der Waals surface area contributed by atoms with Gasteiger partial charge in [-0.25, -0.2) is 9.97 Å². The molecule has 1 saturated heterocycles. The predicted molar refractivity (Wildman–Crippen MR) is 132 cm³/mol. The molecule has 1 aromatic carbocycles. The van der Waals surface area contributed by atoms with Gasteiger partial charge in [0.25, 0.3) is 5.91 Å². The van der Waals surface area contributed by atoms with Crippen LogP contribution in [0.15, 0.2) is 54.9 Å². The van der Waals surface area contributed by atoms with Gasteiger partial charge in [0.1, 0.15) is 17.3 Å². The van der Waals surface area contributed by atoms with Gasteiger partial charge in [-0.3, -0.25) is 9.89 Å². The van der Waals surface area contributed by atoms with Crippen molar-refractivity contribution in [1.82, 2.24) is 25.5 Å². The number of aryl methyl sites for hydroxylation is 1. The molecule has 3 N–H and O–H groups in total. The number of ether oxygens (including phenoxy) is 1. The van der Waals surface area contributed by atoms with Crippen LogP contribution in [-0.4, -0.2) is 39.2 Å². The Balaban J connectivity index is 1.26. The number of carbonyl (C=O) groups excluding carboxylic acids is 1. The second-order valence-electron chi connectivity index (χ2n) is 8.97. The summed E-state index contributed by atoms with van der Waals surface area (Å²) in [4.78, 5) is 20.6. The second-order valence-corrected chi connectivity index (χ2v) is 8.97. The lowest BCUT2D eigenvalue weighted by molar-refractivity contribution is -0.137. The van der Waals surface area contributed by atoms with Crippen molar-refractivity contribution in [3.05, 3.63) is 71.7 Å². The number of aromatic nitrogens is 4. The lowest BCUT2D eigenvalue weighted by atomic mass is 10.00. The molecule has 1 aliphatic heterocycles. The van der Waals surface area contributed by atoms with Crippen molar-refractivity contribution in [1.29, 1.82) is 0 Å². The average Bonchev–Trinajstić information content (AvgIpc) is 3.55. The van der Waals surface area contributed by atoms with Gasteiger partial charge in [0.2, 0.25) is 0 Å². The number of H-pyrrole nitrogens is 1. The van der Waals surface area contributed by atoms with Crippen LogP contribution in [-0.2, 0) is 12.6 Å². The maximum Gasteiger partial charge on any atom is 0.416 e. The first kappa shape index (κ1) is 24.7. The van der Waals surface area contributed by atoms with Crippen molar-refractivity contribution in [2.24, 2.45) is 5.92 Å². The van der Waals surface area contributed by atoms with E-state index in [0.29, 0.717) is 23.1 Å². The zero-order chi connectivity index (χ0) is 25.8. The van der Waals surface area contributed by atoms with E-state index >= 15 is 0 Å². The fraction of sp³-hybridized carbons (Fsp3) is 0.308. The van der Waals surface area contributed by atoms with Gasteiger partial charge in [-0.1, -0.05) is 0 Å². The third-order valence-electron chi connectivity index (χ3n) is 6.37. The minimum atomic E-state index is -4.53. The Morgan fingerprint density at radius 1 is 1.11 bits per heavy atom. The SMILES string of the molecule is O=C(Nc1cc(C(F)(F)F)ccn1)c1ccc(Oc2ccnc3n[nH]c(CCC[C@@H]4CCNC4)c23)cc1. The summed E-state index contributed by atoms with van der Waals surface area (Å²) in [6, 6.07) is 9.70. The van der Waals surface area contributed by atoms with E-state index in [9.17, 15) is 18.0 Å². The van der Waals surface area contributed by atoms with E-state index in [1.165, 1.54) is 18.6 Å². The van der Waals surface area contributed by atoms with E-state index < -0.39 is 17.6 Å². The first-order chi connectivity index (χ1) is 17.9. The molecule has 0 spiro atoms. The third-order valence-corrected chi connectivity index (χ3v) is 6.37. The fourth-order valence-electron chi connectivity index (χ4n) is 4.44. The van der Waals surface area contributed by atoms with Gasteiger partial charge in [0, 0.05) is 23.7 Å². The monoisotopic (exact) mass is 510 g/mol. The van der Waals surface area contributed by atoms with Gasteiger partial charge >= 0.3 is 6.18 Å². The number of pyridine rings is 2. The third kappa shape index (κ3) is 5.88. The Morgan fingerprint density at radius 3 is 2.68 bits per heavy atom. The molecule has 0 bridgehead atoms. The molecular formula is C26H25F3N6O2. The summed E-state index contributed by atoms with van der Waals surface area (Å²) in [6.45, 7) is 2.16. The number of alkyl halides is 3. The summed E-state index contributed by atoms with van der Waals surface area (Å²) >= 11 is 0. The second kappa shape index (κ2) is 10.6. The van der Waals surface area contributed by atoms with Gasteiger partial charge in [-0.15, -0.1) is 0 Å². The molecule has 1 amide bonds. The predicted octanol–water partition coefficient (Wildman–Crippen LogP) is 5.35. The number of amides is 1. The Labute approximate surface area is 210 Å². The highest BCUT2D eigenvalue weighted by Gasteiger charge is 2.31. The molecule has 8 nitrogen and oxygen atoms in total. The number of aromatic amines is 1. The lowest BCUT2D eigenvalue weighted by Gasteiger charge is -2.10. The topological polar surface area (TPSA) is 105 Å². The Morgan fingerprint density at radius 2 is 1.92 bits per heavy atom. The van der Waals surface area contributed by atoms with Crippen LogP contribution in [0.3, 0.4) is 0 Å². The first-order valence-corrected chi connectivity index (χ1v) is 12.0. The first-order valence-electron chi connectivity index (χ1n) is 12.0. The van der Waals surface area contributed by atoms with Crippen LogP contribution < -0.4 is 15.4 Å². The summed E-state index contributed by atoms with van der Waals surface area (Å²) in [5.74, 6) is 1.03. The number of nitrogens with zero attached hydrogens (tertiary/aromatic N) is 3. The van der Waals surface area contributed by atoms with Gasteiger partial charge in [0.15, 0.2) is 5.65 Å². The molecule has 37 heavy (non-hydrogen) atoms. The zero-order valence-corrected chi connectivity index (χ0v) is 19.8. The molecule has 0 radical (unpaired) electrons. The minimum absolute atomic E-state index is 0.184. The summed E-state index contributed by atoms with van der Waals surface area (Å²) in [6.07, 6.45) is 2.31. The van der Waals surface area contributed by atoms with Gasteiger partial charge in [-0.05, 0) is 87.2 Å². The maximum absolute atomic E-state index is 12.9. The van der Waals surface area contributed by atoms with Crippen LogP contribution in [0.25, 0.3) is 11.0 Å². The van der Waals surface area contributed by atoms with E-state index in [4.69, 9.17) is 4.74 Å². The molecule has 0 aliphatic carbocycles. The van der Waals surface area contributed by atoms with Gasteiger partial charge in [0.05, 0.1) is 10.9 Å². The number of anilines is 1. The summed E-state index contributed by atoms with van der Waals surface area (Å²) in [5.41, 5.74) is 0.893. The maximum atomic E-state index is 12.9. The molecule has 5 rings (SSSR count). The van der Waals surface area contributed by atoms with Crippen LogP contribution >= 0.6 is 0 Å². The van der Waals surface area contributed by atoms with Crippen molar-refractivity contribution in [3.63, 3.8) is 0 Å². The average molecular weight is 511 g/mol. The fourth-order valence-corrected chi connectivity index (χ4v) is 4.44. The number of halogens is 3. The van der Waals surface area contributed by atoms with Crippen molar-refractivity contribution < 1.29 is 22.7 Å². The number of nitrogens with one attached hydrogen (secondary N) is 3. The molecule has 1 aliphatic rings. The minimum Gasteiger partial charge on any atom is -0.456 e. The Hall–Kier alpha value is -3.99. The van der Waals surface area contributed by atoms with E-state index in [0.717, 1.165) is 61.8 Å². The number of fused-ring (bicyclic) bond motifs is 1. The molecule has 0 saturated carbocycles. The zero-order valence-electron chi connectivity index (χ0n) is 19.8. The Kier molecular flexibility index (Phi) is 7.04. The van der Waals surface area contributed by atoms with Crippen LogP contribution in [0.2, 0.25) is 0 Å². The van der Waals surface area contributed by atoms with E-state index in [2.05, 4.69) is 30.8 Å². The van der Waals surface area contributed by atoms with E-state index in [1.54, 1.807) is 24.4 Å². The smallest absolute Gasteiger partial charge is 0.416 e. The van der Waals surface area contributed by atoms with Crippen LogP contribution in [0, 0.1) is 5.92 Å². The largest absolute Gasteiger partial charge is 0.456 e. The molecule has 3 aromatic heterocycles. The van der Waals surface area contributed by atoms with Crippen molar-refractivity contribution in [3.8, 4) is 11.5 Å². The number of benzene rings is 1. The van der Waals surface area contributed by atoms with E-state index in [-0.39, 0.29) is 11.4 Å². The van der Waals surface area contributed by atoms with Crippen molar-refractivity contribution >= 4 is 22.8 Å². The highest BCUT2D eigenvalue weighted by Crippen LogP contribution is 2.32. The van der Waals surface area contributed by atoms with Crippen molar-refractivity contribution in [2.45, 2.75) is 31.9 Å². The van der Waals surface area contributed by atoms with Crippen LogP contribution in [0.1, 0.15) is 40.9 Å². The highest BCUT2D eigenvalue weighted by atomic mass is 19.4. The highest BCUT2D eigenvalue weighted by molar-refractivity contribution is 6.03. The quantitative estimate of drug-likeness (QED) is 0.295. The van der Waals surface area contributed by atoms with Gasteiger partial charge < -0.3 is 15.4 Å². The standard InChI is InChI=1S/C26H25F3N6O2/c27-26(28,29)18-9-12-31-22(14-18)33-25(36)17-4-6-19(7-5-17)37-21-10-13-32-24-23(21)20(34-35-24)3-1-2-16-8-11-30-15-16/h4-7,9-10,12-14,16,30H,1-3,8,11,15H2,(H,31,33,36)(H,32,34,35)/t16-/m1/s1. The normalized spacial score (nSPS) is 15.7. The summed E-state index contributed by atoms with van der Waals surface area (Å²) in [7, 11) is 0. The molecular weight excluding hydrogens is 485 g/mol. The summed E-state index contributed by atoms with van der Waals surface area (Å²) in [5, 5.41) is 14.0. The van der Waals surface area contributed by atoms with Crippen molar-refractivity contribution in [2.75, 3.05) is 18.4 Å². The molecule has 0 unspecified atom stereocenters. The molecule has 1 fully saturated rings. The number of rotatable bonds is 8. The number of hydrogen-bond donors (Lipinski definition) is 3. The molecule has 192 valence electrons. The molecule has 1 atom stereocenters. The lowest BCUT2D eigenvalue weighted by Crippen LogP contribution is -2.14. The van der Waals surface area contributed by atoms with Gasteiger partial charge in [-0.2, -0.15) is 18.3 Å². The molecule has 11 heteroatoms. The number of hydrogen-bond acceptors (Lipinski definition) is 6.